The van der Waals surface area contributed by atoms with Crippen LogP contribution in [0, 0.1) is 0 Å². The molecule has 1 unspecified atom stereocenters. The van der Waals surface area contributed by atoms with Crippen LogP contribution in [0.3, 0.4) is 0 Å². The zero-order chi connectivity index (χ0) is 21.3. The highest BCUT2D eigenvalue weighted by atomic mass is 19.1. The minimum absolute atomic E-state index is 0.0190. The summed E-state index contributed by atoms with van der Waals surface area (Å²) in [5.74, 6) is -1.58. The van der Waals surface area contributed by atoms with Crippen LogP contribution in [0.25, 0.3) is 0 Å². The Kier molecular flexibility index (Phi) is 7.13. The van der Waals surface area contributed by atoms with Gasteiger partial charge in [0.2, 0.25) is 0 Å². The van der Waals surface area contributed by atoms with E-state index in [1.54, 1.807) is 24.3 Å². The van der Waals surface area contributed by atoms with Gasteiger partial charge in [0.25, 0.3) is 5.91 Å². The number of hydrogen-bond donors (Lipinski definition) is 3. The van der Waals surface area contributed by atoms with Crippen molar-refractivity contribution in [2.75, 3.05) is 11.9 Å². The standard InChI is InChI=1S/C23H21FN2O4/c24-20(17-9-6-10-18(13-17)23(28)29)14-25-21-12-5-4-11-19(21)22(27)26-30-15-16-7-2-1-3-8-16/h1-13,20,25H,14-15H2,(H,26,27)(H,28,29). The molecule has 0 fully saturated rings. The highest BCUT2D eigenvalue weighted by molar-refractivity contribution is 5.99. The van der Waals surface area contributed by atoms with Gasteiger partial charge in [-0.05, 0) is 35.4 Å². The lowest BCUT2D eigenvalue weighted by atomic mass is 10.1. The van der Waals surface area contributed by atoms with Crippen LogP contribution in [-0.2, 0) is 11.4 Å². The number of nitrogens with one attached hydrogen (secondary N) is 2. The third-order valence-corrected chi connectivity index (χ3v) is 4.39. The summed E-state index contributed by atoms with van der Waals surface area (Å²) >= 11 is 0. The minimum atomic E-state index is -1.45. The first-order chi connectivity index (χ1) is 14.5. The van der Waals surface area contributed by atoms with Crippen LogP contribution in [0.2, 0.25) is 0 Å². The molecule has 0 heterocycles. The molecule has 3 aromatic carbocycles. The van der Waals surface area contributed by atoms with E-state index < -0.39 is 18.0 Å². The van der Waals surface area contributed by atoms with E-state index in [-0.39, 0.29) is 24.3 Å². The molecular formula is C23H21FN2O4. The number of para-hydroxylation sites is 1. The van der Waals surface area contributed by atoms with Gasteiger partial charge in [0.05, 0.1) is 24.3 Å². The Morgan fingerprint density at radius 1 is 0.967 bits per heavy atom. The molecule has 1 amide bonds. The number of hydrogen-bond acceptors (Lipinski definition) is 4. The van der Waals surface area contributed by atoms with Crippen molar-refractivity contribution in [1.82, 2.24) is 5.48 Å². The summed E-state index contributed by atoms with van der Waals surface area (Å²) in [5, 5.41) is 12.0. The summed E-state index contributed by atoms with van der Waals surface area (Å²) in [6.45, 7) is 0.0902. The summed E-state index contributed by atoms with van der Waals surface area (Å²) in [4.78, 5) is 28.8. The van der Waals surface area contributed by atoms with Gasteiger partial charge in [0.15, 0.2) is 0 Å². The molecule has 0 aliphatic rings. The smallest absolute Gasteiger partial charge is 0.335 e. The van der Waals surface area contributed by atoms with Crippen molar-refractivity contribution in [3.63, 3.8) is 0 Å². The number of carboxylic acids is 1. The number of amides is 1. The molecule has 154 valence electrons. The van der Waals surface area contributed by atoms with Gasteiger partial charge in [-0.1, -0.05) is 54.6 Å². The van der Waals surface area contributed by atoms with Crippen molar-refractivity contribution >= 4 is 17.6 Å². The fourth-order valence-electron chi connectivity index (χ4n) is 2.83. The van der Waals surface area contributed by atoms with Crippen molar-refractivity contribution in [2.24, 2.45) is 0 Å². The van der Waals surface area contributed by atoms with Crippen LogP contribution in [0.5, 0.6) is 0 Å². The van der Waals surface area contributed by atoms with Gasteiger partial charge in [-0.15, -0.1) is 0 Å². The fraction of sp³-hybridized carbons (Fsp3) is 0.130. The monoisotopic (exact) mass is 408 g/mol. The normalized spacial score (nSPS) is 11.5. The maximum absolute atomic E-state index is 14.6. The predicted molar refractivity (Wildman–Crippen MR) is 111 cm³/mol. The zero-order valence-electron chi connectivity index (χ0n) is 16.0. The van der Waals surface area contributed by atoms with E-state index >= 15 is 0 Å². The summed E-state index contributed by atoms with van der Waals surface area (Å²) in [6.07, 6.45) is -1.45. The lowest BCUT2D eigenvalue weighted by molar-refractivity contribution is 0.0234. The molecule has 0 saturated heterocycles. The highest BCUT2D eigenvalue weighted by Gasteiger charge is 2.15. The SMILES string of the molecule is O=C(O)c1cccc(C(F)CNc2ccccc2C(=O)NOCc2ccccc2)c1. The van der Waals surface area contributed by atoms with Crippen LogP contribution >= 0.6 is 0 Å². The molecule has 0 aromatic heterocycles. The Bertz CT molecular complexity index is 1010. The van der Waals surface area contributed by atoms with Crippen LogP contribution in [0.4, 0.5) is 10.1 Å². The van der Waals surface area contributed by atoms with Crippen LogP contribution in [-0.4, -0.2) is 23.5 Å². The van der Waals surface area contributed by atoms with Crippen LogP contribution in [0.1, 0.15) is 38.0 Å². The molecule has 6 nitrogen and oxygen atoms in total. The Morgan fingerprint density at radius 3 is 2.47 bits per heavy atom. The Morgan fingerprint density at radius 2 is 1.70 bits per heavy atom. The first-order valence-corrected chi connectivity index (χ1v) is 9.31. The molecule has 7 heteroatoms. The number of carboxylic acid groups (broad SMARTS) is 1. The summed E-state index contributed by atoms with van der Waals surface area (Å²) in [6, 6.07) is 21.8. The van der Waals surface area contributed by atoms with Crippen LogP contribution < -0.4 is 10.8 Å². The van der Waals surface area contributed by atoms with Crippen molar-refractivity contribution in [1.29, 1.82) is 0 Å². The minimum Gasteiger partial charge on any atom is -0.478 e. The highest BCUT2D eigenvalue weighted by Crippen LogP contribution is 2.21. The van der Waals surface area contributed by atoms with Crippen molar-refractivity contribution < 1.29 is 23.9 Å². The Hall–Kier alpha value is -3.71. The average Bonchev–Trinajstić information content (AvgIpc) is 2.78. The van der Waals surface area contributed by atoms with Crippen molar-refractivity contribution in [3.05, 3.63) is 101 Å². The van der Waals surface area contributed by atoms with E-state index in [2.05, 4.69) is 10.8 Å². The van der Waals surface area contributed by atoms with Gasteiger partial charge >= 0.3 is 5.97 Å². The number of anilines is 1. The molecule has 3 rings (SSSR count). The van der Waals surface area contributed by atoms with Gasteiger partial charge in [0.1, 0.15) is 6.17 Å². The van der Waals surface area contributed by atoms with Crippen LogP contribution in [0.15, 0.2) is 78.9 Å². The maximum atomic E-state index is 14.6. The Balaban J connectivity index is 1.60. The first-order valence-electron chi connectivity index (χ1n) is 9.31. The third-order valence-electron chi connectivity index (χ3n) is 4.39. The molecule has 0 saturated carbocycles. The van der Waals surface area contributed by atoms with Gasteiger partial charge in [-0.2, -0.15) is 0 Å². The number of alkyl halides is 1. The molecule has 3 N–H and O–H groups in total. The topological polar surface area (TPSA) is 87.7 Å². The van der Waals surface area contributed by atoms with E-state index in [4.69, 9.17) is 9.94 Å². The molecule has 0 aliphatic heterocycles. The molecule has 0 spiro atoms. The van der Waals surface area contributed by atoms with E-state index in [0.29, 0.717) is 11.3 Å². The second kappa shape index (κ2) is 10.2. The van der Waals surface area contributed by atoms with Gasteiger partial charge in [-0.25, -0.2) is 14.7 Å². The van der Waals surface area contributed by atoms with Gasteiger partial charge in [0, 0.05) is 5.69 Å². The van der Waals surface area contributed by atoms with E-state index in [9.17, 15) is 14.0 Å². The second-order valence-corrected chi connectivity index (χ2v) is 6.53. The number of benzene rings is 3. The molecule has 3 aromatic rings. The molecule has 1 atom stereocenters. The molecule has 0 bridgehead atoms. The number of carbonyl (C=O) groups excluding carboxylic acids is 1. The third kappa shape index (κ3) is 5.65. The van der Waals surface area contributed by atoms with E-state index in [1.807, 2.05) is 30.3 Å². The molecule has 0 radical (unpaired) electrons. The summed E-state index contributed by atoms with van der Waals surface area (Å²) < 4.78 is 14.6. The van der Waals surface area contributed by atoms with E-state index in [0.717, 1.165) is 5.56 Å². The second-order valence-electron chi connectivity index (χ2n) is 6.53. The zero-order valence-corrected chi connectivity index (χ0v) is 16.0. The number of halogens is 1. The average molecular weight is 408 g/mol. The number of rotatable bonds is 9. The number of carbonyl (C=O) groups is 2. The molecule has 0 aliphatic carbocycles. The van der Waals surface area contributed by atoms with Gasteiger partial charge < -0.3 is 10.4 Å². The molecular weight excluding hydrogens is 387 g/mol. The van der Waals surface area contributed by atoms with Gasteiger partial charge in [-0.3, -0.25) is 9.63 Å². The number of hydroxylamine groups is 1. The molecule has 30 heavy (non-hydrogen) atoms. The largest absolute Gasteiger partial charge is 0.478 e. The summed E-state index contributed by atoms with van der Waals surface area (Å²) in [7, 11) is 0. The summed E-state index contributed by atoms with van der Waals surface area (Å²) in [5.41, 5.74) is 4.31. The van der Waals surface area contributed by atoms with Crippen molar-refractivity contribution in [2.45, 2.75) is 12.8 Å². The predicted octanol–water partition coefficient (Wildman–Crippen LogP) is 4.37. The van der Waals surface area contributed by atoms with E-state index in [1.165, 1.54) is 24.3 Å². The lowest BCUT2D eigenvalue weighted by Gasteiger charge is -2.15. The van der Waals surface area contributed by atoms with Crippen molar-refractivity contribution in [3.8, 4) is 0 Å². The Labute approximate surface area is 173 Å². The lowest BCUT2D eigenvalue weighted by Crippen LogP contribution is -2.25. The first kappa shape index (κ1) is 21.0. The number of aromatic carboxylic acids is 1. The maximum Gasteiger partial charge on any atom is 0.335 e. The quantitative estimate of drug-likeness (QED) is 0.458. The fourth-order valence-corrected chi connectivity index (χ4v) is 2.83.